The van der Waals surface area contributed by atoms with Gasteiger partial charge in [-0.15, -0.1) is 11.3 Å². The second-order valence-corrected chi connectivity index (χ2v) is 7.10. The molecule has 2 aromatic carbocycles. The number of carbonyl (C=O) groups is 2. The molecule has 0 aliphatic heterocycles. The third kappa shape index (κ3) is 5.64. The first kappa shape index (κ1) is 20.1. The van der Waals surface area contributed by atoms with Crippen LogP contribution in [0.2, 0.25) is 0 Å². The largest absolute Gasteiger partial charge is 0.452 e. The molecule has 0 N–H and O–H groups in total. The molecule has 5 nitrogen and oxygen atoms in total. The summed E-state index contributed by atoms with van der Waals surface area (Å²) in [4.78, 5) is 27.6. The van der Waals surface area contributed by atoms with E-state index in [2.05, 4.69) is 0 Å². The fraction of sp³-hybridized carbons (Fsp3) is 0.0870. The molecule has 1 aromatic heterocycles. The highest BCUT2D eigenvalue weighted by atomic mass is 32.1. The molecule has 0 saturated carbocycles. The molecule has 0 atom stereocenters. The van der Waals surface area contributed by atoms with Gasteiger partial charge in [-0.3, -0.25) is 9.69 Å². The second-order valence-electron chi connectivity index (χ2n) is 5.98. The van der Waals surface area contributed by atoms with Gasteiger partial charge in [0.05, 0.1) is 6.07 Å². The quantitative estimate of drug-likeness (QED) is 0.331. The molecular formula is C23H18N2O3S. The third-order valence-corrected chi connectivity index (χ3v) is 5.10. The molecule has 1 heterocycles. The number of para-hydroxylation sites is 1. The molecule has 0 radical (unpaired) electrons. The summed E-state index contributed by atoms with van der Waals surface area (Å²) in [7, 11) is 0. The lowest BCUT2D eigenvalue weighted by atomic mass is 10.2. The van der Waals surface area contributed by atoms with Gasteiger partial charge in [0.2, 0.25) is 0 Å². The number of thiophene rings is 1. The van der Waals surface area contributed by atoms with E-state index in [-0.39, 0.29) is 6.54 Å². The van der Waals surface area contributed by atoms with E-state index in [1.165, 1.54) is 11.0 Å². The van der Waals surface area contributed by atoms with Crippen molar-refractivity contribution in [2.75, 3.05) is 18.1 Å². The zero-order valence-corrected chi connectivity index (χ0v) is 16.3. The molecule has 0 unspecified atom stereocenters. The van der Waals surface area contributed by atoms with Crippen molar-refractivity contribution in [1.82, 2.24) is 0 Å². The van der Waals surface area contributed by atoms with Crippen LogP contribution in [0.1, 0.15) is 4.88 Å². The van der Waals surface area contributed by atoms with Gasteiger partial charge in [0.25, 0.3) is 5.91 Å². The lowest BCUT2D eigenvalue weighted by Crippen LogP contribution is -2.34. The minimum absolute atomic E-state index is 0.117. The maximum Gasteiger partial charge on any atom is 0.331 e. The van der Waals surface area contributed by atoms with Gasteiger partial charge < -0.3 is 4.74 Å². The Hall–Kier alpha value is -3.69. The average molecular weight is 402 g/mol. The van der Waals surface area contributed by atoms with E-state index in [1.54, 1.807) is 41.7 Å². The Kier molecular flexibility index (Phi) is 6.93. The number of hydrogen-bond donors (Lipinski definition) is 0. The number of hydrogen-bond acceptors (Lipinski definition) is 5. The van der Waals surface area contributed by atoms with Crippen LogP contribution in [0.3, 0.4) is 0 Å². The van der Waals surface area contributed by atoms with Crippen LogP contribution >= 0.6 is 11.3 Å². The van der Waals surface area contributed by atoms with Gasteiger partial charge in [0.1, 0.15) is 6.54 Å². The molecule has 0 spiro atoms. The van der Waals surface area contributed by atoms with E-state index < -0.39 is 18.5 Å². The predicted octanol–water partition coefficient (Wildman–Crippen LogP) is 4.53. The van der Waals surface area contributed by atoms with Gasteiger partial charge in [0.15, 0.2) is 6.61 Å². The Morgan fingerprint density at radius 2 is 1.69 bits per heavy atom. The van der Waals surface area contributed by atoms with E-state index in [4.69, 9.17) is 10.00 Å². The van der Waals surface area contributed by atoms with Crippen LogP contribution in [0.5, 0.6) is 0 Å². The SMILES string of the molecule is N#CCN(C(=O)COC(=O)/C=C/c1ccc(-c2ccccc2)s1)c1ccccc1. The second kappa shape index (κ2) is 10.0. The van der Waals surface area contributed by atoms with Crippen molar-refractivity contribution in [2.45, 2.75) is 0 Å². The highest BCUT2D eigenvalue weighted by Crippen LogP contribution is 2.28. The molecule has 1 amide bonds. The Bertz CT molecular complexity index is 1040. The molecule has 0 fully saturated rings. The van der Waals surface area contributed by atoms with E-state index in [1.807, 2.05) is 54.6 Å². The summed E-state index contributed by atoms with van der Waals surface area (Å²) in [6.45, 7) is -0.548. The summed E-state index contributed by atoms with van der Waals surface area (Å²) in [6, 6.07) is 24.6. The maximum absolute atomic E-state index is 12.3. The number of nitriles is 1. The van der Waals surface area contributed by atoms with Crippen molar-refractivity contribution < 1.29 is 14.3 Å². The summed E-state index contributed by atoms with van der Waals surface area (Å²) in [5, 5.41) is 8.96. The van der Waals surface area contributed by atoms with Gasteiger partial charge >= 0.3 is 5.97 Å². The fourth-order valence-corrected chi connectivity index (χ4v) is 3.53. The molecule has 0 saturated heterocycles. The number of ether oxygens (including phenoxy) is 1. The minimum Gasteiger partial charge on any atom is -0.452 e. The van der Waals surface area contributed by atoms with Crippen molar-refractivity contribution in [2.24, 2.45) is 0 Å². The molecule has 3 rings (SSSR count). The van der Waals surface area contributed by atoms with E-state index in [0.29, 0.717) is 5.69 Å². The Labute approximate surface area is 173 Å². The number of carbonyl (C=O) groups excluding carboxylic acids is 2. The van der Waals surface area contributed by atoms with Crippen molar-refractivity contribution >= 4 is 35.0 Å². The zero-order chi connectivity index (χ0) is 20.5. The van der Waals surface area contributed by atoms with Crippen LogP contribution in [0, 0.1) is 11.3 Å². The van der Waals surface area contributed by atoms with E-state index >= 15 is 0 Å². The highest BCUT2D eigenvalue weighted by Gasteiger charge is 2.16. The molecular weight excluding hydrogens is 384 g/mol. The maximum atomic E-state index is 12.3. The van der Waals surface area contributed by atoms with Crippen molar-refractivity contribution in [3.05, 3.63) is 83.7 Å². The van der Waals surface area contributed by atoms with Crippen LogP contribution in [0.15, 0.2) is 78.9 Å². The number of benzene rings is 2. The van der Waals surface area contributed by atoms with Crippen molar-refractivity contribution in [3.8, 4) is 16.5 Å². The summed E-state index contributed by atoms with van der Waals surface area (Å²) >= 11 is 1.56. The normalized spacial score (nSPS) is 10.4. The first-order valence-corrected chi connectivity index (χ1v) is 9.71. The molecule has 0 aliphatic rings. The van der Waals surface area contributed by atoms with Crippen LogP contribution in [0.25, 0.3) is 16.5 Å². The Balaban J connectivity index is 1.56. The monoisotopic (exact) mass is 402 g/mol. The van der Waals surface area contributed by atoms with Gasteiger partial charge in [-0.25, -0.2) is 4.79 Å². The number of anilines is 1. The minimum atomic E-state index is -0.613. The number of rotatable bonds is 7. The molecule has 0 bridgehead atoms. The lowest BCUT2D eigenvalue weighted by Gasteiger charge is -2.19. The summed E-state index contributed by atoms with van der Waals surface area (Å²) in [5.74, 6) is -1.07. The van der Waals surface area contributed by atoms with Gasteiger partial charge in [0, 0.05) is 21.5 Å². The molecule has 3 aromatic rings. The van der Waals surface area contributed by atoms with Crippen LogP contribution in [-0.4, -0.2) is 25.0 Å². The van der Waals surface area contributed by atoms with Crippen LogP contribution in [0.4, 0.5) is 5.69 Å². The first-order valence-electron chi connectivity index (χ1n) is 8.90. The Morgan fingerprint density at radius 3 is 2.38 bits per heavy atom. The zero-order valence-electron chi connectivity index (χ0n) is 15.5. The predicted molar refractivity (Wildman–Crippen MR) is 114 cm³/mol. The number of esters is 1. The van der Waals surface area contributed by atoms with E-state index in [9.17, 15) is 9.59 Å². The lowest BCUT2D eigenvalue weighted by molar-refractivity contribution is -0.142. The van der Waals surface area contributed by atoms with Gasteiger partial charge in [-0.1, -0.05) is 48.5 Å². The molecule has 6 heteroatoms. The highest BCUT2D eigenvalue weighted by molar-refractivity contribution is 7.16. The first-order chi connectivity index (χ1) is 14.2. The number of amides is 1. The van der Waals surface area contributed by atoms with Gasteiger partial charge in [-0.2, -0.15) is 5.26 Å². The van der Waals surface area contributed by atoms with Crippen molar-refractivity contribution in [3.63, 3.8) is 0 Å². The molecule has 144 valence electrons. The smallest absolute Gasteiger partial charge is 0.331 e. The topological polar surface area (TPSA) is 70.4 Å². The van der Waals surface area contributed by atoms with E-state index in [0.717, 1.165) is 15.3 Å². The summed E-state index contributed by atoms with van der Waals surface area (Å²) in [5.41, 5.74) is 1.70. The van der Waals surface area contributed by atoms with Crippen molar-refractivity contribution in [1.29, 1.82) is 5.26 Å². The van der Waals surface area contributed by atoms with Crippen LogP contribution < -0.4 is 4.90 Å². The summed E-state index contributed by atoms with van der Waals surface area (Å²) in [6.07, 6.45) is 2.96. The average Bonchev–Trinajstić information content (AvgIpc) is 3.25. The Morgan fingerprint density at radius 1 is 1.00 bits per heavy atom. The van der Waals surface area contributed by atoms with Crippen LogP contribution in [-0.2, 0) is 14.3 Å². The van der Waals surface area contributed by atoms with Gasteiger partial charge in [-0.05, 0) is 35.9 Å². The number of nitrogens with zero attached hydrogens (tertiary/aromatic N) is 2. The summed E-state index contributed by atoms with van der Waals surface area (Å²) < 4.78 is 5.04. The standard InChI is InChI=1S/C23H18N2O3S/c24-15-16-25(19-9-5-2-6-10-19)22(26)17-28-23(27)14-12-20-11-13-21(29-20)18-7-3-1-4-8-18/h1-14H,16-17H2/b14-12+. The molecule has 0 aliphatic carbocycles. The third-order valence-electron chi connectivity index (χ3n) is 4.00. The fourth-order valence-electron chi connectivity index (χ4n) is 2.61. The molecule has 29 heavy (non-hydrogen) atoms.